The fourth-order valence-electron chi connectivity index (χ4n) is 4.87. The van der Waals surface area contributed by atoms with Gasteiger partial charge < -0.3 is 54.8 Å². The van der Waals surface area contributed by atoms with Crippen LogP contribution in [0.2, 0.25) is 0 Å². The highest BCUT2D eigenvalue weighted by Crippen LogP contribution is 2.22. The third-order valence-electron chi connectivity index (χ3n) is 7.66. The molecule has 56 heavy (non-hydrogen) atoms. The summed E-state index contributed by atoms with van der Waals surface area (Å²) in [7, 11) is 0. The summed E-state index contributed by atoms with van der Waals surface area (Å²) in [5.74, 6) is -1.13. The molecule has 0 spiro atoms. The van der Waals surface area contributed by atoms with Gasteiger partial charge in [0, 0.05) is 58.1 Å². The summed E-state index contributed by atoms with van der Waals surface area (Å²) in [6.07, 6.45) is 0. The van der Waals surface area contributed by atoms with E-state index in [0.717, 1.165) is 0 Å². The number of hydrogen-bond donors (Lipinski definition) is 10. The third kappa shape index (κ3) is 10.1. The van der Waals surface area contributed by atoms with E-state index in [0.29, 0.717) is 45.0 Å². The van der Waals surface area contributed by atoms with E-state index in [-0.39, 0.29) is 48.8 Å². The van der Waals surface area contributed by atoms with Crippen LogP contribution in [0.25, 0.3) is 0 Å². The summed E-state index contributed by atoms with van der Waals surface area (Å²) < 4.78 is 0. The number of carbonyl (C=O) groups excluding carboxylic acids is 4. The molecule has 0 bridgehead atoms. The van der Waals surface area contributed by atoms with Gasteiger partial charge in [0.2, 0.25) is 59.3 Å². The van der Waals surface area contributed by atoms with Crippen molar-refractivity contribution in [2.75, 3.05) is 45.0 Å². The summed E-state index contributed by atoms with van der Waals surface area (Å²) in [4.78, 5) is 72.9. The van der Waals surface area contributed by atoms with Crippen molar-refractivity contribution in [3.05, 3.63) is 119 Å². The van der Waals surface area contributed by atoms with Crippen LogP contribution in [0.4, 0.5) is 58.4 Å². The van der Waals surface area contributed by atoms with Crippen LogP contribution >= 0.6 is 0 Å². The zero-order chi connectivity index (χ0) is 39.6. The van der Waals surface area contributed by atoms with Crippen molar-refractivity contribution >= 4 is 82.1 Å². The van der Waals surface area contributed by atoms with Crippen molar-refractivity contribution < 1.29 is 19.2 Å². The monoisotopic (exact) mass is 754 g/mol. The molecule has 4 amide bonds. The van der Waals surface area contributed by atoms with Crippen LogP contribution in [-0.4, -0.2) is 66.6 Å². The van der Waals surface area contributed by atoms with Gasteiger partial charge in [0.05, 0.1) is 0 Å². The molecule has 282 valence electrons. The number of benzene rings is 4. The van der Waals surface area contributed by atoms with E-state index in [9.17, 15) is 19.2 Å². The largest absolute Gasteiger partial charge is 0.366 e. The van der Waals surface area contributed by atoms with Gasteiger partial charge in [-0.3, -0.25) is 19.2 Å². The number of rotatable bonds is 17. The molecule has 0 aliphatic rings. The molecule has 4 aromatic carbocycles. The van der Waals surface area contributed by atoms with E-state index < -0.39 is 23.6 Å². The highest BCUT2D eigenvalue weighted by Gasteiger charge is 2.12. The number of aromatic nitrogens is 6. The molecule has 0 saturated heterocycles. The van der Waals surface area contributed by atoms with Gasteiger partial charge in [-0.25, -0.2) is 0 Å². The van der Waals surface area contributed by atoms with Crippen LogP contribution < -0.4 is 54.8 Å². The maximum absolute atomic E-state index is 11.5. The molecular formula is C36H34N16O4. The smallest absolute Gasteiger partial charge is 0.248 e. The normalized spacial score (nSPS) is 10.5. The molecule has 14 N–H and O–H groups in total. The standard InChI is InChI=1S/C36H34N16O4/c37-27(53)19-1-9-23(10-2-19)43-33-47-31(48-34(51-33)44-24-11-3-20(4-12-24)28(38)54)41-17-18-42-32-49-35(45-25-13-5-21(6-14-25)29(39)55)52-36(50-32)46-26-15-7-22(8-16-26)30(40)56/h1-16H,17-18H2,(H2,37,53)(H2,38,54)(H2,39,55)(H2,40,56)(H3,41,43,44,47,48,51)(H3,42,45,46,49,50,52). The Labute approximate surface area is 318 Å². The van der Waals surface area contributed by atoms with Crippen LogP contribution in [-0.2, 0) is 0 Å². The number of nitrogens with zero attached hydrogens (tertiary/aromatic N) is 6. The molecule has 20 heteroatoms. The highest BCUT2D eigenvalue weighted by atomic mass is 16.2. The minimum absolute atomic E-state index is 0.176. The number of primary amides is 4. The molecule has 20 nitrogen and oxygen atoms in total. The summed E-state index contributed by atoms with van der Waals surface area (Å²) in [6, 6.07) is 25.8. The zero-order valence-corrected chi connectivity index (χ0v) is 29.3. The van der Waals surface area contributed by atoms with Gasteiger partial charge in [0.25, 0.3) is 0 Å². The average molecular weight is 755 g/mol. The number of nitrogens with two attached hydrogens (primary N) is 4. The number of nitrogens with one attached hydrogen (secondary N) is 6. The van der Waals surface area contributed by atoms with Gasteiger partial charge in [-0.2, -0.15) is 29.9 Å². The SMILES string of the molecule is NC(=O)c1ccc(Nc2nc(NCCNc3nc(Nc4ccc(C(N)=O)cc4)nc(Nc4ccc(C(N)=O)cc4)n3)nc(Nc3ccc(C(N)=O)cc3)n2)cc1. The summed E-state index contributed by atoms with van der Waals surface area (Å²) >= 11 is 0. The summed E-state index contributed by atoms with van der Waals surface area (Å²) in [5.41, 5.74) is 25.2. The quantitative estimate of drug-likeness (QED) is 0.0598. The lowest BCUT2D eigenvalue weighted by Gasteiger charge is -2.13. The minimum Gasteiger partial charge on any atom is -0.366 e. The second-order valence-corrected chi connectivity index (χ2v) is 11.7. The van der Waals surface area contributed by atoms with E-state index in [2.05, 4.69) is 61.8 Å². The predicted molar refractivity (Wildman–Crippen MR) is 210 cm³/mol. The molecule has 0 radical (unpaired) electrons. The van der Waals surface area contributed by atoms with Crippen LogP contribution in [0.1, 0.15) is 41.4 Å². The predicted octanol–water partition coefficient (Wildman–Crippen LogP) is 2.95. The van der Waals surface area contributed by atoms with Gasteiger partial charge in [0.15, 0.2) is 0 Å². The minimum atomic E-state index is -0.560. The van der Waals surface area contributed by atoms with E-state index in [1.807, 2.05) is 0 Å². The fraction of sp³-hybridized carbons (Fsp3) is 0.0556. The second-order valence-electron chi connectivity index (χ2n) is 11.7. The third-order valence-corrected chi connectivity index (χ3v) is 7.66. The van der Waals surface area contributed by atoms with Gasteiger partial charge >= 0.3 is 0 Å². The Morgan fingerprint density at radius 2 is 0.536 bits per heavy atom. The molecule has 0 fully saturated rings. The summed E-state index contributed by atoms with van der Waals surface area (Å²) in [5, 5.41) is 18.7. The number of hydrogen-bond acceptors (Lipinski definition) is 16. The summed E-state index contributed by atoms with van der Waals surface area (Å²) in [6.45, 7) is 0.563. The molecule has 6 rings (SSSR count). The van der Waals surface area contributed by atoms with Gasteiger partial charge in [-0.1, -0.05) is 0 Å². The second kappa shape index (κ2) is 16.9. The average Bonchev–Trinajstić information content (AvgIpc) is 3.17. The van der Waals surface area contributed by atoms with E-state index in [4.69, 9.17) is 22.9 Å². The van der Waals surface area contributed by atoms with Crippen LogP contribution in [0.15, 0.2) is 97.1 Å². The van der Waals surface area contributed by atoms with Crippen molar-refractivity contribution in [1.82, 2.24) is 29.9 Å². The van der Waals surface area contributed by atoms with Crippen molar-refractivity contribution in [2.45, 2.75) is 0 Å². The molecule has 2 heterocycles. The lowest BCUT2D eigenvalue weighted by molar-refractivity contribution is 0.0992. The van der Waals surface area contributed by atoms with Crippen molar-refractivity contribution in [1.29, 1.82) is 0 Å². The van der Waals surface area contributed by atoms with Gasteiger partial charge in [-0.15, -0.1) is 0 Å². The highest BCUT2D eigenvalue weighted by molar-refractivity contribution is 5.94. The van der Waals surface area contributed by atoms with Gasteiger partial charge in [0.1, 0.15) is 0 Å². The van der Waals surface area contributed by atoms with E-state index in [1.54, 1.807) is 97.1 Å². The van der Waals surface area contributed by atoms with Crippen molar-refractivity contribution in [3.8, 4) is 0 Å². The number of amides is 4. The Morgan fingerprint density at radius 3 is 0.732 bits per heavy atom. The first-order chi connectivity index (χ1) is 27.0. The Kier molecular flexibility index (Phi) is 11.3. The number of anilines is 10. The maximum Gasteiger partial charge on any atom is 0.248 e. The van der Waals surface area contributed by atoms with Crippen LogP contribution in [0, 0.1) is 0 Å². The molecule has 0 saturated carbocycles. The van der Waals surface area contributed by atoms with E-state index in [1.165, 1.54) is 0 Å². The number of carbonyl (C=O) groups is 4. The molecule has 0 unspecified atom stereocenters. The van der Waals surface area contributed by atoms with Crippen molar-refractivity contribution in [3.63, 3.8) is 0 Å². The fourth-order valence-corrected chi connectivity index (χ4v) is 4.87. The van der Waals surface area contributed by atoms with Gasteiger partial charge in [-0.05, 0) is 97.1 Å². The molecule has 2 aromatic heterocycles. The molecular weight excluding hydrogens is 721 g/mol. The lowest BCUT2D eigenvalue weighted by Crippen LogP contribution is -2.18. The van der Waals surface area contributed by atoms with Crippen molar-refractivity contribution in [2.24, 2.45) is 22.9 Å². The maximum atomic E-state index is 11.5. The van der Waals surface area contributed by atoms with Crippen LogP contribution in [0.3, 0.4) is 0 Å². The molecule has 0 atom stereocenters. The first-order valence-electron chi connectivity index (χ1n) is 16.6. The molecule has 0 aliphatic heterocycles. The van der Waals surface area contributed by atoms with E-state index >= 15 is 0 Å². The molecule has 0 aliphatic carbocycles. The van der Waals surface area contributed by atoms with Crippen LogP contribution in [0.5, 0.6) is 0 Å². The first kappa shape index (κ1) is 37.3. The Hall–Kier alpha value is -8.42. The Morgan fingerprint density at radius 1 is 0.339 bits per heavy atom. The lowest BCUT2D eigenvalue weighted by atomic mass is 10.2. The topological polar surface area (TPSA) is 322 Å². The Bertz CT molecular complexity index is 2050. The molecule has 6 aromatic rings. The first-order valence-corrected chi connectivity index (χ1v) is 16.6. The Balaban J connectivity index is 1.18. The zero-order valence-electron chi connectivity index (χ0n) is 29.3.